The number of nitrogens with one attached hydrogen (secondary N) is 1. The maximum atomic E-state index is 12.2. The predicted octanol–water partition coefficient (Wildman–Crippen LogP) is -0.260. The number of carboxylic acid groups (broad SMARTS) is 1. The van der Waals surface area contributed by atoms with Gasteiger partial charge in [0.15, 0.2) is 0 Å². The second-order valence-electron chi connectivity index (χ2n) is 4.18. The number of rotatable bonds is 2. The molecule has 0 saturated carbocycles. The molecule has 2 heterocycles. The fourth-order valence-electron chi connectivity index (χ4n) is 1.88. The van der Waals surface area contributed by atoms with Gasteiger partial charge >= 0.3 is 5.97 Å². The van der Waals surface area contributed by atoms with Gasteiger partial charge in [0.1, 0.15) is 17.4 Å². The molecule has 7 nitrogen and oxygen atoms in total. The van der Waals surface area contributed by atoms with E-state index >= 15 is 0 Å². The van der Waals surface area contributed by atoms with Crippen molar-refractivity contribution >= 4 is 17.8 Å². The minimum atomic E-state index is -1.20. The van der Waals surface area contributed by atoms with E-state index < -0.39 is 17.9 Å². The van der Waals surface area contributed by atoms with E-state index in [0.717, 1.165) is 0 Å². The Hall–Kier alpha value is -2.44. The second kappa shape index (κ2) is 5.05. The second-order valence-corrected chi connectivity index (χ2v) is 4.18. The lowest BCUT2D eigenvalue weighted by Gasteiger charge is -2.32. The Balaban J connectivity index is 2.26. The van der Waals surface area contributed by atoms with Gasteiger partial charge in [-0.3, -0.25) is 9.59 Å². The van der Waals surface area contributed by atoms with Crippen LogP contribution in [0.3, 0.4) is 0 Å². The summed E-state index contributed by atoms with van der Waals surface area (Å²) >= 11 is 0. The minimum absolute atomic E-state index is 0.0291. The highest BCUT2D eigenvalue weighted by Gasteiger charge is 2.30. The lowest BCUT2D eigenvalue weighted by atomic mass is 10.2. The summed E-state index contributed by atoms with van der Waals surface area (Å²) in [4.78, 5) is 39.7. The molecule has 0 bridgehead atoms. The van der Waals surface area contributed by atoms with E-state index in [0.29, 0.717) is 13.1 Å². The number of aromatic nitrogens is 1. The Labute approximate surface area is 109 Å². The zero-order chi connectivity index (χ0) is 14.0. The summed E-state index contributed by atoms with van der Waals surface area (Å²) in [5.74, 6) is -1.86. The number of nitrogens with zero attached hydrogens (tertiary/aromatic N) is 2. The summed E-state index contributed by atoms with van der Waals surface area (Å²) < 4.78 is 0. The average molecular weight is 263 g/mol. The maximum absolute atomic E-state index is 12.2. The average Bonchev–Trinajstić information content (AvgIpc) is 2.41. The van der Waals surface area contributed by atoms with Crippen LogP contribution in [0.15, 0.2) is 18.2 Å². The van der Waals surface area contributed by atoms with Gasteiger partial charge in [-0.05, 0) is 19.1 Å². The molecule has 1 fully saturated rings. The van der Waals surface area contributed by atoms with Crippen LogP contribution >= 0.6 is 0 Å². The molecule has 7 heteroatoms. The van der Waals surface area contributed by atoms with Gasteiger partial charge in [-0.15, -0.1) is 0 Å². The SMILES string of the molecule is CC1C(=O)NCCN1C(=O)c1cccc(C(=O)O)n1. The van der Waals surface area contributed by atoms with E-state index in [1.807, 2.05) is 0 Å². The molecular formula is C12H13N3O4. The van der Waals surface area contributed by atoms with Crippen molar-refractivity contribution in [1.29, 1.82) is 0 Å². The van der Waals surface area contributed by atoms with Crippen LogP contribution in [0.1, 0.15) is 27.9 Å². The Morgan fingerprint density at radius 3 is 2.79 bits per heavy atom. The Bertz CT molecular complexity index is 544. The monoisotopic (exact) mass is 263 g/mol. The van der Waals surface area contributed by atoms with E-state index in [-0.39, 0.29) is 17.3 Å². The van der Waals surface area contributed by atoms with Crippen LogP contribution in [0.4, 0.5) is 0 Å². The summed E-state index contributed by atoms with van der Waals surface area (Å²) in [5, 5.41) is 11.5. The number of aromatic carboxylic acids is 1. The molecular weight excluding hydrogens is 250 g/mol. The fraction of sp³-hybridized carbons (Fsp3) is 0.333. The highest BCUT2D eigenvalue weighted by atomic mass is 16.4. The molecule has 0 radical (unpaired) electrons. The number of piperazine rings is 1. The third-order valence-corrected chi connectivity index (χ3v) is 2.95. The number of amides is 2. The Kier molecular flexibility index (Phi) is 3.46. The van der Waals surface area contributed by atoms with Gasteiger partial charge in [-0.2, -0.15) is 0 Å². The van der Waals surface area contributed by atoms with E-state index in [4.69, 9.17) is 5.11 Å². The first-order valence-electron chi connectivity index (χ1n) is 5.79. The van der Waals surface area contributed by atoms with Crippen molar-refractivity contribution in [2.75, 3.05) is 13.1 Å². The van der Waals surface area contributed by atoms with Crippen LogP contribution in [0.25, 0.3) is 0 Å². The summed E-state index contributed by atoms with van der Waals surface area (Å²) in [6.45, 7) is 2.38. The number of carbonyl (C=O) groups excluding carboxylic acids is 2. The third-order valence-electron chi connectivity index (χ3n) is 2.95. The van der Waals surface area contributed by atoms with Crippen molar-refractivity contribution in [2.45, 2.75) is 13.0 Å². The van der Waals surface area contributed by atoms with Crippen LogP contribution in [0.5, 0.6) is 0 Å². The summed E-state index contributed by atoms with van der Waals surface area (Å²) in [7, 11) is 0. The van der Waals surface area contributed by atoms with Crippen molar-refractivity contribution in [3.63, 3.8) is 0 Å². The molecule has 0 spiro atoms. The van der Waals surface area contributed by atoms with Gasteiger partial charge in [-0.25, -0.2) is 9.78 Å². The first-order chi connectivity index (χ1) is 9.00. The van der Waals surface area contributed by atoms with Gasteiger partial charge in [0.05, 0.1) is 0 Å². The predicted molar refractivity (Wildman–Crippen MR) is 64.7 cm³/mol. The molecule has 2 N–H and O–H groups in total. The number of carbonyl (C=O) groups is 3. The molecule has 1 aliphatic heterocycles. The zero-order valence-corrected chi connectivity index (χ0v) is 10.3. The molecule has 1 aliphatic rings. The van der Waals surface area contributed by atoms with Crippen LogP contribution in [0.2, 0.25) is 0 Å². The topological polar surface area (TPSA) is 99.6 Å². The molecule has 100 valence electrons. The first kappa shape index (κ1) is 13.0. The quantitative estimate of drug-likeness (QED) is 0.765. The molecule has 1 unspecified atom stereocenters. The fourth-order valence-corrected chi connectivity index (χ4v) is 1.88. The number of pyridine rings is 1. The largest absolute Gasteiger partial charge is 0.477 e. The minimum Gasteiger partial charge on any atom is -0.477 e. The normalized spacial score (nSPS) is 18.9. The number of carboxylic acids is 1. The van der Waals surface area contributed by atoms with E-state index in [9.17, 15) is 14.4 Å². The van der Waals surface area contributed by atoms with Crippen LogP contribution in [0, 0.1) is 0 Å². The molecule has 2 rings (SSSR count). The van der Waals surface area contributed by atoms with Gasteiger partial charge < -0.3 is 15.3 Å². The van der Waals surface area contributed by atoms with Crippen molar-refractivity contribution < 1.29 is 19.5 Å². The summed E-state index contributed by atoms with van der Waals surface area (Å²) in [6.07, 6.45) is 0. The smallest absolute Gasteiger partial charge is 0.354 e. The Morgan fingerprint density at radius 1 is 1.42 bits per heavy atom. The van der Waals surface area contributed by atoms with Crippen LogP contribution in [-0.4, -0.2) is 51.9 Å². The Morgan fingerprint density at radius 2 is 2.11 bits per heavy atom. The van der Waals surface area contributed by atoms with Crippen LogP contribution < -0.4 is 5.32 Å². The van der Waals surface area contributed by atoms with Crippen LogP contribution in [-0.2, 0) is 4.79 Å². The molecule has 0 aliphatic carbocycles. The van der Waals surface area contributed by atoms with Gasteiger partial charge in [-0.1, -0.05) is 6.07 Å². The molecule has 19 heavy (non-hydrogen) atoms. The third kappa shape index (κ3) is 2.54. The molecule has 2 amide bonds. The number of hydrogen-bond acceptors (Lipinski definition) is 4. The summed E-state index contributed by atoms with van der Waals surface area (Å²) in [5.41, 5.74) is -0.165. The molecule has 0 aromatic carbocycles. The maximum Gasteiger partial charge on any atom is 0.354 e. The first-order valence-corrected chi connectivity index (χ1v) is 5.79. The highest BCUT2D eigenvalue weighted by molar-refractivity contribution is 5.97. The molecule has 1 aromatic rings. The molecule has 1 aromatic heterocycles. The molecule has 1 saturated heterocycles. The van der Waals surface area contributed by atoms with E-state index in [1.54, 1.807) is 6.92 Å². The number of hydrogen-bond donors (Lipinski definition) is 2. The van der Waals surface area contributed by atoms with Crippen molar-refractivity contribution in [3.05, 3.63) is 29.6 Å². The van der Waals surface area contributed by atoms with Gasteiger partial charge in [0, 0.05) is 13.1 Å². The van der Waals surface area contributed by atoms with E-state index in [1.165, 1.54) is 23.1 Å². The molecule has 1 atom stereocenters. The van der Waals surface area contributed by atoms with Crippen molar-refractivity contribution in [2.24, 2.45) is 0 Å². The lowest BCUT2D eigenvalue weighted by Crippen LogP contribution is -2.56. The van der Waals surface area contributed by atoms with E-state index in [2.05, 4.69) is 10.3 Å². The van der Waals surface area contributed by atoms with Gasteiger partial charge in [0.25, 0.3) is 5.91 Å². The standard InChI is InChI=1S/C12H13N3O4/c1-7-10(16)13-5-6-15(7)11(17)8-3-2-4-9(14-8)12(18)19/h2-4,7H,5-6H2,1H3,(H,13,16)(H,18,19). The highest BCUT2D eigenvalue weighted by Crippen LogP contribution is 2.10. The lowest BCUT2D eigenvalue weighted by molar-refractivity contribution is -0.127. The van der Waals surface area contributed by atoms with Crippen molar-refractivity contribution in [1.82, 2.24) is 15.2 Å². The summed E-state index contributed by atoms with van der Waals surface area (Å²) in [6, 6.07) is 3.62. The van der Waals surface area contributed by atoms with Gasteiger partial charge in [0.2, 0.25) is 5.91 Å². The zero-order valence-electron chi connectivity index (χ0n) is 10.3. The van der Waals surface area contributed by atoms with Crippen molar-refractivity contribution in [3.8, 4) is 0 Å².